The first-order valence-electron chi connectivity index (χ1n) is 7.09. The summed E-state index contributed by atoms with van der Waals surface area (Å²) in [6.45, 7) is 4.11. The number of pyridine rings is 1. The molecule has 0 atom stereocenters. The zero-order valence-corrected chi connectivity index (χ0v) is 12.3. The maximum atomic E-state index is 11.0. The molecular weight excluding hydrogens is 286 g/mol. The molecule has 1 aromatic carbocycles. The van der Waals surface area contributed by atoms with Crippen molar-refractivity contribution in [2.45, 2.75) is 6.54 Å². The predicted molar refractivity (Wildman–Crippen MR) is 81.0 cm³/mol. The minimum Gasteiger partial charge on any atom is -0.489 e. The van der Waals surface area contributed by atoms with E-state index < -0.39 is 4.92 Å². The summed E-state index contributed by atoms with van der Waals surface area (Å²) in [7, 11) is 1.42. The minimum absolute atomic E-state index is 0.0663. The number of aromatic nitrogens is 1. The summed E-state index contributed by atoms with van der Waals surface area (Å²) < 4.78 is 10.5. The maximum absolute atomic E-state index is 11.0. The first-order chi connectivity index (χ1) is 10.7. The standard InChI is InChI=1S/C15H17N3O4/c1-21-15-13(18(19)20)3-2-12-8-11(9-16-14(12)15)10-17-4-6-22-7-5-17/h2-3,8-9H,4-7,10H2,1H3. The third-order valence-electron chi connectivity index (χ3n) is 3.75. The number of nitro benzene ring substituents is 1. The van der Waals surface area contributed by atoms with Crippen LogP contribution in [0.2, 0.25) is 0 Å². The molecule has 22 heavy (non-hydrogen) atoms. The molecule has 1 fully saturated rings. The quantitative estimate of drug-likeness (QED) is 0.635. The van der Waals surface area contributed by atoms with Crippen molar-refractivity contribution in [3.63, 3.8) is 0 Å². The van der Waals surface area contributed by atoms with Crippen molar-refractivity contribution in [3.8, 4) is 5.75 Å². The summed E-state index contributed by atoms with van der Waals surface area (Å²) in [5, 5.41) is 11.9. The minimum atomic E-state index is -0.457. The lowest BCUT2D eigenvalue weighted by Crippen LogP contribution is -2.35. The molecule has 0 saturated carbocycles. The zero-order valence-electron chi connectivity index (χ0n) is 12.3. The van der Waals surface area contributed by atoms with Crippen LogP contribution < -0.4 is 4.74 Å². The Labute approximate surface area is 127 Å². The van der Waals surface area contributed by atoms with Crippen LogP contribution in [0.3, 0.4) is 0 Å². The SMILES string of the molecule is COc1c([N+](=O)[O-])ccc2cc(CN3CCOCC3)cnc12. The van der Waals surface area contributed by atoms with Crippen LogP contribution in [0.15, 0.2) is 24.4 Å². The Bertz CT molecular complexity index is 698. The van der Waals surface area contributed by atoms with E-state index in [-0.39, 0.29) is 11.4 Å². The Hall–Kier alpha value is -2.25. The lowest BCUT2D eigenvalue weighted by Gasteiger charge is -2.26. The fourth-order valence-electron chi connectivity index (χ4n) is 2.66. The average molecular weight is 303 g/mol. The van der Waals surface area contributed by atoms with E-state index >= 15 is 0 Å². The lowest BCUT2D eigenvalue weighted by molar-refractivity contribution is -0.385. The third-order valence-corrected chi connectivity index (χ3v) is 3.75. The van der Waals surface area contributed by atoms with Crippen LogP contribution in [-0.4, -0.2) is 48.2 Å². The van der Waals surface area contributed by atoms with Gasteiger partial charge in [-0.1, -0.05) is 0 Å². The summed E-state index contributed by atoms with van der Waals surface area (Å²) in [6.07, 6.45) is 1.75. The highest BCUT2D eigenvalue weighted by molar-refractivity contribution is 5.88. The van der Waals surface area contributed by atoms with E-state index in [0.717, 1.165) is 43.8 Å². The van der Waals surface area contributed by atoms with Gasteiger partial charge in [-0.2, -0.15) is 0 Å². The highest BCUT2D eigenvalue weighted by Crippen LogP contribution is 2.34. The number of rotatable bonds is 4. The number of benzene rings is 1. The number of ether oxygens (including phenoxy) is 2. The van der Waals surface area contributed by atoms with Crippen molar-refractivity contribution >= 4 is 16.6 Å². The van der Waals surface area contributed by atoms with Crippen molar-refractivity contribution in [3.05, 3.63) is 40.1 Å². The van der Waals surface area contributed by atoms with Gasteiger partial charge in [0.15, 0.2) is 0 Å². The summed E-state index contributed by atoms with van der Waals surface area (Å²) in [5.41, 5.74) is 1.52. The summed E-state index contributed by atoms with van der Waals surface area (Å²) >= 11 is 0. The van der Waals surface area contributed by atoms with E-state index in [0.29, 0.717) is 5.52 Å². The van der Waals surface area contributed by atoms with Gasteiger partial charge in [-0.05, 0) is 17.7 Å². The van der Waals surface area contributed by atoms with Gasteiger partial charge in [0.2, 0.25) is 5.75 Å². The van der Waals surface area contributed by atoms with Crippen LogP contribution >= 0.6 is 0 Å². The van der Waals surface area contributed by atoms with Crippen LogP contribution in [0.4, 0.5) is 5.69 Å². The van der Waals surface area contributed by atoms with E-state index in [1.165, 1.54) is 13.2 Å². The van der Waals surface area contributed by atoms with Gasteiger partial charge in [-0.25, -0.2) is 0 Å². The first kappa shape index (κ1) is 14.7. The predicted octanol–water partition coefficient (Wildman–Crippen LogP) is 1.98. The molecule has 1 aliphatic heterocycles. The van der Waals surface area contributed by atoms with E-state index in [1.54, 1.807) is 12.3 Å². The van der Waals surface area contributed by atoms with Crippen molar-refractivity contribution in [2.24, 2.45) is 0 Å². The van der Waals surface area contributed by atoms with Crippen molar-refractivity contribution in [2.75, 3.05) is 33.4 Å². The second-order valence-electron chi connectivity index (χ2n) is 5.18. The Morgan fingerprint density at radius 2 is 2.18 bits per heavy atom. The molecule has 0 N–H and O–H groups in total. The molecule has 116 valence electrons. The molecule has 1 aromatic heterocycles. The number of hydrogen-bond acceptors (Lipinski definition) is 6. The number of fused-ring (bicyclic) bond motifs is 1. The Morgan fingerprint density at radius 1 is 1.41 bits per heavy atom. The molecule has 0 radical (unpaired) electrons. The normalized spacial score (nSPS) is 15.9. The van der Waals surface area contributed by atoms with Crippen LogP contribution in [0, 0.1) is 10.1 Å². The third kappa shape index (κ3) is 2.86. The molecule has 0 spiro atoms. The lowest BCUT2D eigenvalue weighted by atomic mass is 10.1. The average Bonchev–Trinajstić information content (AvgIpc) is 2.54. The summed E-state index contributed by atoms with van der Waals surface area (Å²) in [4.78, 5) is 17.3. The van der Waals surface area contributed by atoms with Gasteiger partial charge in [0.05, 0.1) is 25.2 Å². The molecule has 0 aliphatic carbocycles. The molecule has 2 heterocycles. The topological polar surface area (TPSA) is 77.7 Å². The first-order valence-corrected chi connectivity index (χ1v) is 7.09. The molecule has 0 bridgehead atoms. The highest BCUT2D eigenvalue weighted by Gasteiger charge is 2.19. The number of methoxy groups -OCH3 is 1. The van der Waals surface area contributed by atoms with E-state index in [4.69, 9.17) is 9.47 Å². The molecule has 1 saturated heterocycles. The zero-order chi connectivity index (χ0) is 15.5. The summed E-state index contributed by atoms with van der Waals surface area (Å²) in [5.74, 6) is 0.209. The molecule has 3 rings (SSSR count). The van der Waals surface area contributed by atoms with Crippen molar-refractivity contribution < 1.29 is 14.4 Å². The van der Waals surface area contributed by atoms with Crippen molar-refractivity contribution in [1.29, 1.82) is 0 Å². The summed E-state index contributed by atoms with van der Waals surface area (Å²) in [6, 6.07) is 5.18. The van der Waals surface area contributed by atoms with E-state index in [9.17, 15) is 10.1 Å². The van der Waals surface area contributed by atoms with Gasteiger partial charge < -0.3 is 9.47 Å². The fourth-order valence-corrected chi connectivity index (χ4v) is 2.66. The second-order valence-corrected chi connectivity index (χ2v) is 5.18. The maximum Gasteiger partial charge on any atom is 0.313 e. The fraction of sp³-hybridized carbons (Fsp3) is 0.400. The van der Waals surface area contributed by atoms with Crippen LogP contribution in [0.25, 0.3) is 10.9 Å². The molecule has 0 amide bonds. The molecule has 7 nitrogen and oxygen atoms in total. The van der Waals surface area contributed by atoms with E-state index in [2.05, 4.69) is 9.88 Å². The van der Waals surface area contributed by atoms with Gasteiger partial charge >= 0.3 is 5.69 Å². The monoisotopic (exact) mass is 303 g/mol. The molecule has 1 aliphatic rings. The molecule has 7 heteroatoms. The number of nitrogens with zero attached hydrogens (tertiary/aromatic N) is 3. The largest absolute Gasteiger partial charge is 0.489 e. The number of nitro groups is 1. The van der Waals surface area contributed by atoms with Gasteiger partial charge in [-0.15, -0.1) is 0 Å². The van der Waals surface area contributed by atoms with Crippen LogP contribution in [0.1, 0.15) is 5.56 Å². The number of morpholine rings is 1. The Kier molecular flexibility index (Phi) is 4.17. The Balaban J connectivity index is 1.93. The molecular formula is C15H17N3O4. The molecule has 0 unspecified atom stereocenters. The van der Waals surface area contributed by atoms with Gasteiger partial charge in [0.25, 0.3) is 0 Å². The van der Waals surface area contributed by atoms with Crippen LogP contribution in [-0.2, 0) is 11.3 Å². The smallest absolute Gasteiger partial charge is 0.313 e. The van der Waals surface area contributed by atoms with Crippen LogP contribution in [0.5, 0.6) is 5.75 Å². The molecule has 2 aromatic rings. The van der Waals surface area contributed by atoms with Crippen molar-refractivity contribution in [1.82, 2.24) is 9.88 Å². The van der Waals surface area contributed by atoms with Gasteiger partial charge in [0, 0.05) is 37.3 Å². The Morgan fingerprint density at radius 3 is 2.86 bits per heavy atom. The second kappa shape index (κ2) is 6.25. The highest BCUT2D eigenvalue weighted by atomic mass is 16.6. The van der Waals surface area contributed by atoms with Gasteiger partial charge in [0.1, 0.15) is 5.52 Å². The number of hydrogen-bond donors (Lipinski definition) is 0. The van der Waals surface area contributed by atoms with Gasteiger partial charge in [-0.3, -0.25) is 20.0 Å². The van der Waals surface area contributed by atoms with E-state index in [1.807, 2.05) is 6.07 Å².